The van der Waals surface area contributed by atoms with Crippen molar-refractivity contribution in [3.63, 3.8) is 0 Å². The van der Waals surface area contributed by atoms with E-state index in [1.165, 1.54) is 6.33 Å². The number of hydrogen-bond donors (Lipinski definition) is 2. The number of nitrogens with zero attached hydrogens (tertiary/aromatic N) is 11. The lowest BCUT2D eigenvalue weighted by atomic mass is 10.1. The lowest BCUT2D eigenvalue weighted by molar-refractivity contribution is 0.318. The molecular formula is C40H40N12O. The van der Waals surface area contributed by atoms with Gasteiger partial charge in [0.15, 0.2) is 5.82 Å². The lowest BCUT2D eigenvalue weighted by Gasteiger charge is -2.02. The summed E-state index contributed by atoms with van der Waals surface area (Å²) in [5.41, 5.74) is 7.83. The Morgan fingerprint density at radius 2 is 1.08 bits per heavy atom. The minimum atomic E-state index is 0. The molecule has 266 valence electrons. The Bertz CT molecular complexity index is 2190. The summed E-state index contributed by atoms with van der Waals surface area (Å²) < 4.78 is 0. The van der Waals surface area contributed by atoms with E-state index in [2.05, 4.69) is 55.3 Å². The first-order valence-corrected chi connectivity index (χ1v) is 15.8. The van der Waals surface area contributed by atoms with Gasteiger partial charge in [-0.15, -0.1) is 0 Å². The van der Waals surface area contributed by atoms with Gasteiger partial charge in [0.2, 0.25) is 0 Å². The van der Waals surface area contributed by atoms with Gasteiger partial charge in [-0.05, 0) is 79.7 Å². The van der Waals surface area contributed by atoms with Gasteiger partial charge >= 0.3 is 0 Å². The zero-order chi connectivity index (χ0) is 35.5. The number of aromatic nitrogens is 9. The third-order valence-corrected chi connectivity index (χ3v) is 6.64. The van der Waals surface area contributed by atoms with Crippen molar-refractivity contribution < 1.29 is 5.11 Å². The molecule has 8 heterocycles. The van der Waals surface area contributed by atoms with Crippen LogP contribution in [0.2, 0.25) is 0 Å². The largest absolute Gasteiger partial charge is 0.397 e. The number of hydrogen-bond acceptors (Lipinski definition) is 12. The Morgan fingerprint density at radius 1 is 0.604 bits per heavy atom. The average Bonchev–Trinajstić information content (AvgIpc) is 3.97. The minimum absolute atomic E-state index is 0. The first-order chi connectivity index (χ1) is 25.2. The molecule has 0 unspecified atom stereocenters. The van der Waals surface area contributed by atoms with Gasteiger partial charge in [-0.25, -0.2) is 19.9 Å². The monoisotopic (exact) mass is 704 g/mol. The van der Waals surface area contributed by atoms with Crippen LogP contribution in [0, 0.1) is 11.3 Å². The summed E-state index contributed by atoms with van der Waals surface area (Å²) >= 11 is 0. The highest BCUT2D eigenvalue weighted by molar-refractivity contribution is 6.08. The molecule has 0 radical (unpaired) electrons. The molecule has 7 aromatic rings. The molecule has 0 aromatic carbocycles. The number of pyridine rings is 6. The van der Waals surface area contributed by atoms with Crippen LogP contribution in [0.25, 0.3) is 45.7 Å². The zero-order valence-corrected chi connectivity index (χ0v) is 27.6. The van der Waals surface area contributed by atoms with Crippen LogP contribution < -0.4 is 0 Å². The fourth-order valence-electron chi connectivity index (χ4n) is 4.39. The molecule has 0 aliphatic carbocycles. The Morgan fingerprint density at radius 3 is 1.53 bits per heavy atom. The van der Waals surface area contributed by atoms with Gasteiger partial charge in [0.25, 0.3) is 0 Å². The van der Waals surface area contributed by atoms with E-state index in [0.717, 1.165) is 57.7 Å². The molecule has 0 saturated heterocycles. The van der Waals surface area contributed by atoms with Crippen LogP contribution in [0.5, 0.6) is 0 Å². The van der Waals surface area contributed by atoms with E-state index in [1.54, 1.807) is 43.9 Å². The topological polar surface area (TPSA) is 188 Å². The Labute approximate surface area is 309 Å². The molecule has 0 spiro atoms. The first-order valence-electron chi connectivity index (χ1n) is 15.8. The van der Waals surface area contributed by atoms with Gasteiger partial charge in [-0.3, -0.25) is 20.1 Å². The predicted octanol–water partition coefficient (Wildman–Crippen LogP) is 7.54. The van der Waals surface area contributed by atoms with Crippen LogP contribution in [0.1, 0.15) is 39.6 Å². The number of nitriles is 1. The smallest absolute Gasteiger partial charge is 0.174 e. The molecule has 0 fully saturated rings. The maximum absolute atomic E-state index is 8.68. The molecule has 7 aromatic heterocycles. The van der Waals surface area contributed by atoms with Crippen LogP contribution in [0.3, 0.4) is 0 Å². The Hall–Kier alpha value is -7.17. The second-order valence-corrected chi connectivity index (χ2v) is 10.2. The first kappa shape index (κ1) is 40.3. The van der Waals surface area contributed by atoms with E-state index in [4.69, 9.17) is 10.4 Å². The maximum atomic E-state index is 8.68. The molecule has 1 aliphatic heterocycles. The summed E-state index contributed by atoms with van der Waals surface area (Å²) in [6, 6.07) is 36.0. The Balaban J connectivity index is 0.000000204. The van der Waals surface area contributed by atoms with E-state index in [9.17, 15) is 0 Å². The fraction of sp³-hybridized carbons (Fsp3) is 0.125. The number of H-pyrrole nitrogens is 1. The molecule has 2 N–H and O–H groups in total. The predicted molar refractivity (Wildman–Crippen MR) is 208 cm³/mol. The van der Waals surface area contributed by atoms with Crippen molar-refractivity contribution >= 4 is 11.9 Å². The molecule has 0 amide bonds. The number of rotatable bonds is 5. The number of aliphatic hydroxyl groups excluding tert-OH is 1. The second kappa shape index (κ2) is 21.8. The number of aliphatic hydroxyl groups is 1. The molecule has 8 rings (SSSR count). The number of aromatic amines is 1. The van der Waals surface area contributed by atoms with Gasteiger partial charge in [0.05, 0.1) is 45.6 Å². The highest BCUT2D eigenvalue weighted by atomic mass is 16.2. The van der Waals surface area contributed by atoms with E-state index in [0.29, 0.717) is 11.5 Å². The zero-order valence-electron chi connectivity index (χ0n) is 27.6. The second-order valence-electron chi connectivity index (χ2n) is 10.2. The summed E-state index contributed by atoms with van der Waals surface area (Å²) in [5, 5.41) is 30.7. The van der Waals surface area contributed by atoms with Gasteiger partial charge in [-0.1, -0.05) is 51.3 Å². The molecule has 0 saturated carbocycles. The van der Waals surface area contributed by atoms with Crippen LogP contribution in [0.4, 0.5) is 0 Å². The summed E-state index contributed by atoms with van der Waals surface area (Å²) in [4.78, 5) is 29.9. The molecule has 1 aliphatic rings. The normalized spacial score (nSPS) is 10.5. The molecule has 0 atom stereocenters. The van der Waals surface area contributed by atoms with E-state index in [1.807, 2.05) is 103 Å². The van der Waals surface area contributed by atoms with Gasteiger partial charge in [-0.2, -0.15) is 20.6 Å². The van der Waals surface area contributed by atoms with E-state index in [-0.39, 0.29) is 21.5 Å². The van der Waals surface area contributed by atoms with Gasteiger partial charge < -0.3 is 5.11 Å². The van der Waals surface area contributed by atoms with Crippen molar-refractivity contribution in [1.82, 2.24) is 45.1 Å². The number of nitrogens with one attached hydrogen (secondary N) is 1. The van der Waals surface area contributed by atoms with Gasteiger partial charge in [0.1, 0.15) is 23.8 Å². The average molecular weight is 705 g/mol. The van der Waals surface area contributed by atoms with Crippen LogP contribution in [0.15, 0.2) is 144 Å². The van der Waals surface area contributed by atoms with Crippen molar-refractivity contribution in [2.24, 2.45) is 10.2 Å². The Kier molecular flexibility index (Phi) is 16.6. The summed E-state index contributed by atoms with van der Waals surface area (Å²) in [5.74, 6) is 0.655. The molecular weight excluding hydrogens is 665 g/mol. The maximum Gasteiger partial charge on any atom is 0.174 e. The summed E-state index contributed by atoms with van der Waals surface area (Å²) in [7, 11) is 0. The SMILES string of the molecule is C.C.C1=NN=C(c2cccc(-c3ccccn3)n2)C1.CCO.N#Cc1cccc(-c2ccccn2)n1.c1ccc(-c2cccc(-c3ncn[nH]3)n2)nc1. The third kappa shape index (κ3) is 12.0. The lowest BCUT2D eigenvalue weighted by Crippen LogP contribution is -2.02. The van der Waals surface area contributed by atoms with E-state index >= 15 is 0 Å². The van der Waals surface area contributed by atoms with Crippen molar-refractivity contribution in [2.45, 2.75) is 28.2 Å². The van der Waals surface area contributed by atoms with Crippen LogP contribution >= 0.6 is 0 Å². The van der Waals surface area contributed by atoms with Crippen molar-refractivity contribution in [2.75, 3.05) is 6.61 Å². The van der Waals surface area contributed by atoms with E-state index < -0.39 is 0 Å². The van der Waals surface area contributed by atoms with Crippen LogP contribution in [-0.4, -0.2) is 68.7 Å². The van der Waals surface area contributed by atoms with Gasteiger partial charge in [0, 0.05) is 37.8 Å². The molecule has 13 heteroatoms. The standard InChI is InChI=1S/C13H10N4.C12H9N5.C11H7N3.C2H6O.2CH4/c1-2-8-14-10(4-1)11-5-3-6-12(16-11)13-7-9-15-17-13;1-2-7-13-9(4-1)10-5-3-6-11(16-10)12-14-8-15-17-12;12-8-9-4-3-6-11(14-9)10-5-1-2-7-13-10;1-2-3;;/h1-6,8-9H,7H2;1-8H,(H,14,15,17);1-7H;3H,2H2,1H3;2*1H4. The van der Waals surface area contributed by atoms with Crippen molar-refractivity contribution in [1.29, 1.82) is 5.26 Å². The van der Waals surface area contributed by atoms with Crippen molar-refractivity contribution in [3.05, 3.63) is 146 Å². The quantitative estimate of drug-likeness (QED) is 0.181. The summed E-state index contributed by atoms with van der Waals surface area (Å²) in [6.45, 7) is 1.93. The molecule has 13 nitrogen and oxygen atoms in total. The van der Waals surface area contributed by atoms with Crippen LogP contribution in [-0.2, 0) is 0 Å². The summed E-state index contributed by atoms with van der Waals surface area (Å²) in [6.07, 6.45) is 9.21. The highest BCUT2D eigenvalue weighted by Crippen LogP contribution is 2.18. The third-order valence-electron chi connectivity index (χ3n) is 6.64. The fourth-order valence-corrected chi connectivity index (χ4v) is 4.39. The highest BCUT2D eigenvalue weighted by Gasteiger charge is 2.10. The molecule has 53 heavy (non-hydrogen) atoms. The molecule has 0 bridgehead atoms. The minimum Gasteiger partial charge on any atom is -0.397 e. The van der Waals surface area contributed by atoms with Crippen molar-refractivity contribution in [3.8, 4) is 51.8 Å².